The van der Waals surface area contributed by atoms with Gasteiger partial charge in [0, 0.05) is 67.9 Å². The first-order valence-electron chi connectivity index (χ1n) is 13.1. The molecule has 0 saturated carbocycles. The van der Waals surface area contributed by atoms with E-state index in [-0.39, 0.29) is 53.5 Å². The van der Waals surface area contributed by atoms with Crippen LogP contribution < -0.4 is 15.3 Å². The molecule has 0 radical (unpaired) electrons. The van der Waals surface area contributed by atoms with Crippen LogP contribution in [0.1, 0.15) is 13.0 Å². The van der Waals surface area contributed by atoms with Crippen LogP contribution in [0.5, 0.6) is 5.75 Å². The van der Waals surface area contributed by atoms with Crippen LogP contribution in [0.25, 0.3) is 22.0 Å². The average molecular weight is 574 g/mol. The van der Waals surface area contributed by atoms with Crippen molar-refractivity contribution in [2.75, 3.05) is 50.8 Å². The van der Waals surface area contributed by atoms with Crippen molar-refractivity contribution in [2.45, 2.75) is 25.2 Å². The van der Waals surface area contributed by atoms with Crippen molar-refractivity contribution in [3.05, 3.63) is 64.1 Å². The number of alkyl halides is 1. The van der Waals surface area contributed by atoms with Gasteiger partial charge >= 0.3 is 5.69 Å². The van der Waals surface area contributed by atoms with E-state index in [1.54, 1.807) is 11.0 Å². The molecule has 1 amide bonds. The van der Waals surface area contributed by atoms with Crippen LogP contribution in [0.4, 0.5) is 19.0 Å². The number of ether oxygens (including phenoxy) is 1. The minimum atomic E-state index is -0.908. The van der Waals surface area contributed by atoms with Gasteiger partial charge in [0.1, 0.15) is 30.2 Å². The molecule has 40 heavy (non-hydrogen) atoms. The lowest BCUT2D eigenvalue weighted by Crippen LogP contribution is -2.54. The van der Waals surface area contributed by atoms with Crippen LogP contribution in [0.3, 0.4) is 0 Å². The van der Waals surface area contributed by atoms with Gasteiger partial charge in [-0.2, -0.15) is 4.98 Å². The number of rotatable bonds is 5. The summed E-state index contributed by atoms with van der Waals surface area (Å²) in [6.07, 6.45) is 0.362. The number of likely N-dealkylation sites (tertiary alicyclic amines) is 1. The summed E-state index contributed by atoms with van der Waals surface area (Å²) < 4.78 is 50.0. The van der Waals surface area contributed by atoms with E-state index in [1.807, 2.05) is 16.7 Å². The van der Waals surface area contributed by atoms with E-state index in [0.29, 0.717) is 42.9 Å². The molecule has 3 aliphatic rings. The molecule has 12 heteroatoms. The zero-order valence-electron chi connectivity index (χ0n) is 21.7. The molecule has 3 aliphatic heterocycles. The molecule has 0 aliphatic carbocycles. The Morgan fingerprint density at radius 2 is 2.00 bits per heavy atom. The maximum Gasteiger partial charge on any atom is 0.350 e. The monoisotopic (exact) mass is 573 g/mol. The number of nitrogens with zero attached hydrogens (tertiary/aromatic N) is 5. The maximum atomic E-state index is 15.0. The quantitative estimate of drug-likeness (QED) is 0.433. The number of halogens is 4. The zero-order valence-corrected chi connectivity index (χ0v) is 22.5. The van der Waals surface area contributed by atoms with Gasteiger partial charge in [-0.05, 0) is 31.2 Å². The third-order valence-corrected chi connectivity index (χ3v) is 8.15. The number of carbonyl (C=O) groups excluding carboxylic acids is 1. The normalized spacial score (nSPS) is 21.3. The maximum absolute atomic E-state index is 15.0. The average Bonchev–Trinajstić information content (AvgIpc) is 2.90. The molecule has 4 heterocycles. The van der Waals surface area contributed by atoms with E-state index in [1.165, 1.54) is 16.7 Å². The van der Waals surface area contributed by atoms with Gasteiger partial charge in [0.2, 0.25) is 5.91 Å². The Kier molecular flexibility index (Phi) is 6.74. The molecule has 1 unspecified atom stereocenters. The van der Waals surface area contributed by atoms with Crippen LogP contribution in [0.2, 0.25) is 5.02 Å². The van der Waals surface area contributed by atoms with Crippen molar-refractivity contribution in [2.24, 2.45) is 0 Å². The molecule has 2 atom stereocenters. The molecule has 0 bridgehead atoms. The molecule has 0 N–H and O–H groups in total. The number of hydrogen-bond acceptors (Lipinski definition) is 6. The van der Waals surface area contributed by atoms with Crippen molar-refractivity contribution in [3.63, 3.8) is 0 Å². The molecule has 0 spiro atoms. The van der Waals surface area contributed by atoms with E-state index < -0.39 is 29.5 Å². The lowest BCUT2D eigenvalue weighted by molar-refractivity contribution is -0.126. The number of piperazine rings is 1. The molecular weight excluding hydrogens is 547 g/mol. The van der Waals surface area contributed by atoms with Crippen LogP contribution in [-0.2, 0) is 4.79 Å². The third kappa shape index (κ3) is 4.41. The van der Waals surface area contributed by atoms with Crippen LogP contribution in [0, 0.1) is 11.6 Å². The summed E-state index contributed by atoms with van der Waals surface area (Å²) in [5.74, 6) is -1.16. The van der Waals surface area contributed by atoms with Crippen molar-refractivity contribution in [1.29, 1.82) is 0 Å². The van der Waals surface area contributed by atoms with Crippen LogP contribution in [-0.4, -0.2) is 83.3 Å². The van der Waals surface area contributed by atoms with E-state index in [9.17, 15) is 22.8 Å². The summed E-state index contributed by atoms with van der Waals surface area (Å²) in [4.78, 5) is 35.9. The molecule has 2 fully saturated rings. The fourth-order valence-corrected chi connectivity index (χ4v) is 6.21. The standard InChI is InChI=1S/C28H27ClF3N5O3/c1-3-23(38)35-6-7-36(15(2)10-35)27-20-9-21(29)24(19-5-4-16(30)8-22(19)32)26-25(20)37(28(39)33-27)18(14-40-26)13-34-11-17(31)12-34/h3-5,8-9,15,17-18H,1,6-7,10-14H2,2H3/t15-,18?/m0/s1. The van der Waals surface area contributed by atoms with Crippen molar-refractivity contribution < 1.29 is 22.7 Å². The summed E-state index contributed by atoms with van der Waals surface area (Å²) >= 11 is 6.76. The summed E-state index contributed by atoms with van der Waals surface area (Å²) in [6, 6.07) is 4.14. The fraction of sp³-hybridized carbons (Fsp3) is 0.393. The Labute approximate surface area is 233 Å². The van der Waals surface area contributed by atoms with Gasteiger partial charge in [-0.25, -0.2) is 18.0 Å². The van der Waals surface area contributed by atoms with E-state index in [2.05, 4.69) is 11.6 Å². The van der Waals surface area contributed by atoms with E-state index >= 15 is 0 Å². The van der Waals surface area contributed by atoms with E-state index in [0.717, 1.165) is 12.1 Å². The summed E-state index contributed by atoms with van der Waals surface area (Å²) in [7, 11) is 0. The second kappa shape index (κ2) is 10.1. The van der Waals surface area contributed by atoms with Gasteiger partial charge in [-0.3, -0.25) is 14.3 Å². The predicted molar refractivity (Wildman–Crippen MR) is 146 cm³/mol. The molecule has 210 valence electrons. The van der Waals surface area contributed by atoms with Gasteiger partial charge in [-0.15, -0.1) is 0 Å². The van der Waals surface area contributed by atoms with Gasteiger partial charge in [0.15, 0.2) is 5.75 Å². The Hall–Kier alpha value is -3.57. The van der Waals surface area contributed by atoms with Crippen molar-refractivity contribution in [1.82, 2.24) is 19.4 Å². The van der Waals surface area contributed by atoms with Crippen molar-refractivity contribution in [3.8, 4) is 16.9 Å². The zero-order chi connectivity index (χ0) is 28.3. The lowest BCUT2D eigenvalue weighted by atomic mass is 9.99. The van der Waals surface area contributed by atoms with Crippen LogP contribution >= 0.6 is 11.6 Å². The van der Waals surface area contributed by atoms with Gasteiger partial charge in [-0.1, -0.05) is 18.2 Å². The van der Waals surface area contributed by atoms with Crippen molar-refractivity contribution >= 4 is 34.2 Å². The lowest BCUT2D eigenvalue weighted by Gasteiger charge is -2.41. The predicted octanol–water partition coefficient (Wildman–Crippen LogP) is 3.81. The van der Waals surface area contributed by atoms with E-state index in [4.69, 9.17) is 16.3 Å². The second-order valence-electron chi connectivity index (χ2n) is 10.5. The highest BCUT2D eigenvalue weighted by molar-refractivity contribution is 6.35. The molecule has 2 aromatic carbocycles. The Bertz CT molecular complexity index is 1590. The number of hydrogen-bond donors (Lipinski definition) is 0. The number of benzene rings is 2. The smallest absolute Gasteiger partial charge is 0.350 e. The highest BCUT2D eigenvalue weighted by Gasteiger charge is 2.36. The Morgan fingerprint density at radius 3 is 2.67 bits per heavy atom. The fourth-order valence-electron chi connectivity index (χ4n) is 5.91. The number of amides is 1. The highest BCUT2D eigenvalue weighted by Crippen LogP contribution is 2.47. The summed E-state index contributed by atoms with van der Waals surface area (Å²) in [5.41, 5.74) is 0.104. The van der Waals surface area contributed by atoms with Crippen LogP contribution in [0.15, 0.2) is 41.7 Å². The summed E-state index contributed by atoms with van der Waals surface area (Å²) in [6.45, 7) is 7.66. The molecule has 1 aromatic heterocycles. The highest BCUT2D eigenvalue weighted by atomic mass is 35.5. The third-order valence-electron chi connectivity index (χ3n) is 7.85. The first-order valence-corrected chi connectivity index (χ1v) is 13.5. The Balaban J connectivity index is 1.53. The molecule has 2 saturated heterocycles. The summed E-state index contributed by atoms with van der Waals surface area (Å²) in [5, 5.41) is 0.675. The number of aromatic nitrogens is 2. The largest absolute Gasteiger partial charge is 0.488 e. The molecule has 8 nitrogen and oxygen atoms in total. The second-order valence-corrected chi connectivity index (χ2v) is 10.9. The molecular formula is C28H27ClF3N5O3. The molecule has 3 aromatic rings. The first-order chi connectivity index (χ1) is 19.2. The number of anilines is 1. The Morgan fingerprint density at radius 1 is 1.23 bits per heavy atom. The number of carbonyl (C=O) groups is 1. The minimum Gasteiger partial charge on any atom is -0.488 e. The topological polar surface area (TPSA) is 70.9 Å². The van der Waals surface area contributed by atoms with Gasteiger partial charge in [0.05, 0.1) is 16.6 Å². The first kappa shape index (κ1) is 26.6. The minimum absolute atomic E-state index is 0.0343. The van der Waals surface area contributed by atoms with Gasteiger partial charge < -0.3 is 14.5 Å². The molecule has 6 rings (SSSR count). The SMILES string of the molecule is C=CC(=O)N1CCN(c2nc(=O)n3c4c(c(-c5ccc(F)cc5F)c(Cl)cc24)OCC3CN2CC(F)C2)[C@@H](C)C1. The van der Waals surface area contributed by atoms with Gasteiger partial charge in [0.25, 0.3) is 0 Å².